The fraction of sp³-hybridized carbons (Fsp3) is 0.778. The Kier molecular flexibility index (Phi) is 6.45. The fourth-order valence-corrected chi connectivity index (χ4v) is 1.09. The molecule has 0 aliphatic rings. The Morgan fingerprint density at radius 1 is 1.19 bits per heavy atom. The highest BCUT2D eigenvalue weighted by molar-refractivity contribution is 5.85. The number of rotatable bonds is 4. The van der Waals surface area contributed by atoms with E-state index in [9.17, 15) is 26.7 Å². The van der Waals surface area contributed by atoms with Crippen LogP contribution < -0.4 is 5.84 Å². The number of nitrogens with two attached hydrogens (primary N) is 1. The summed E-state index contributed by atoms with van der Waals surface area (Å²) in [6.45, 7) is 0.847. The van der Waals surface area contributed by atoms with E-state index in [1.165, 1.54) is 0 Å². The number of halogens is 5. The molecule has 2 N–H and O–H groups in total. The van der Waals surface area contributed by atoms with Gasteiger partial charge < -0.3 is 15.3 Å². The summed E-state index contributed by atoms with van der Waals surface area (Å²) in [4.78, 5) is 11.4. The third-order valence-corrected chi connectivity index (χ3v) is 2.54. The zero-order chi connectivity index (χ0) is 16.8. The first kappa shape index (κ1) is 19.0. The van der Waals surface area contributed by atoms with Crippen LogP contribution in [0.1, 0.15) is 13.8 Å². The minimum Gasteiger partial charge on any atom is -0.452 e. The Balaban J connectivity index is 5.07. The molecule has 0 bridgehead atoms. The first-order valence-electron chi connectivity index (χ1n) is 5.36. The van der Waals surface area contributed by atoms with Crippen molar-refractivity contribution in [2.75, 3.05) is 7.11 Å². The molecule has 21 heavy (non-hydrogen) atoms. The van der Waals surface area contributed by atoms with Crippen LogP contribution in [0.5, 0.6) is 0 Å². The summed E-state index contributed by atoms with van der Waals surface area (Å²) in [7, 11) is 0.958. The van der Waals surface area contributed by atoms with Gasteiger partial charge in [0.2, 0.25) is 0 Å². The molecule has 7 nitrogen and oxygen atoms in total. The predicted molar refractivity (Wildman–Crippen MR) is 58.9 cm³/mol. The van der Waals surface area contributed by atoms with Gasteiger partial charge in [-0.05, 0) is 19.1 Å². The summed E-state index contributed by atoms with van der Waals surface area (Å²) in [6.07, 6.45) is -6.07. The lowest BCUT2D eigenvalue weighted by atomic mass is 9.91. The molecule has 0 aromatic heterocycles. The maximum Gasteiger partial charge on any atom is 0.416 e. The smallest absolute Gasteiger partial charge is 0.416 e. The number of alkyl halides is 5. The highest BCUT2D eigenvalue weighted by atomic mass is 19.4. The monoisotopic (exact) mass is 320 g/mol. The lowest BCUT2D eigenvalue weighted by molar-refractivity contribution is -0.247. The molecule has 0 amide bonds. The zero-order valence-electron chi connectivity index (χ0n) is 11.2. The summed E-state index contributed by atoms with van der Waals surface area (Å²) < 4.78 is 72.8. The van der Waals surface area contributed by atoms with Gasteiger partial charge in [0, 0.05) is 0 Å². The van der Waals surface area contributed by atoms with Gasteiger partial charge in [0.15, 0.2) is 0 Å². The minimum absolute atomic E-state index is 0.262. The van der Waals surface area contributed by atoms with Crippen molar-refractivity contribution in [3.8, 4) is 0 Å². The molecule has 122 valence electrons. The van der Waals surface area contributed by atoms with Crippen LogP contribution in [0.3, 0.4) is 0 Å². The van der Waals surface area contributed by atoms with Crippen molar-refractivity contribution in [1.29, 1.82) is 0 Å². The van der Waals surface area contributed by atoms with Gasteiger partial charge in [-0.25, -0.2) is 8.78 Å². The standard InChI is InChI=1S/C9H13F5N4O3/c1-4(8(10,11)5(2)9(12,13)14)6(19)21-7(20-3)16-18-17-15/h4-5H,1-3H3,(H2,15,18)/b16-7+. The van der Waals surface area contributed by atoms with E-state index in [-0.39, 0.29) is 6.92 Å². The van der Waals surface area contributed by atoms with E-state index in [2.05, 4.69) is 30.9 Å². The van der Waals surface area contributed by atoms with Crippen molar-refractivity contribution in [3.63, 3.8) is 0 Å². The van der Waals surface area contributed by atoms with Gasteiger partial charge in [0.25, 0.3) is 5.92 Å². The van der Waals surface area contributed by atoms with E-state index in [1.807, 2.05) is 0 Å². The second-order valence-corrected chi connectivity index (χ2v) is 3.86. The molecule has 12 heteroatoms. The van der Waals surface area contributed by atoms with Crippen molar-refractivity contribution >= 4 is 12.1 Å². The number of carbonyl (C=O) groups is 1. The molecule has 0 heterocycles. The van der Waals surface area contributed by atoms with Gasteiger partial charge >= 0.3 is 18.2 Å². The van der Waals surface area contributed by atoms with Crippen LogP contribution in [0.4, 0.5) is 22.0 Å². The van der Waals surface area contributed by atoms with E-state index in [0.717, 1.165) is 7.11 Å². The average Bonchev–Trinajstić information content (AvgIpc) is 2.40. The first-order chi connectivity index (χ1) is 9.48. The van der Waals surface area contributed by atoms with Crippen LogP contribution in [0.15, 0.2) is 15.5 Å². The second-order valence-electron chi connectivity index (χ2n) is 3.86. The van der Waals surface area contributed by atoms with E-state index in [1.54, 1.807) is 0 Å². The summed E-state index contributed by atoms with van der Waals surface area (Å²) in [6, 6.07) is 0. The normalized spacial score (nSPS) is 16.7. The van der Waals surface area contributed by atoms with Crippen LogP contribution in [-0.2, 0) is 14.3 Å². The van der Waals surface area contributed by atoms with Gasteiger partial charge in [0.05, 0.1) is 7.11 Å². The van der Waals surface area contributed by atoms with Crippen molar-refractivity contribution in [2.45, 2.75) is 25.9 Å². The van der Waals surface area contributed by atoms with E-state index >= 15 is 0 Å². The quantitative estimate of drug-likeness (QED) is 0.163. The number of hydrogen-bond acceptors (Lipinski definition) is 5. The molecule has 0 fully saturated rings. The highest BCUT2D eigenvalue weighted by Crippen LogP contribution is 2.42. The molecule has 2 atom stereocenters. The lowest BCUT2D eigenvalue weighted by Crippen LogP contribution is -2.45. The Bertz CT molecular complexity index is 424. The van der Waals surface area contributed by atoms with Gasteiger partial charge in [-0.3, -0.25) is 4.79 Å². The van der Waals surface area contributed by atoms with E-state index < -0.39 is 36.0 Å². The first-order valence-corrected chi connectivity index (χ1v) is 5.36. The summed E-state index contributed by atoms with van der Waals surface area (Å²) in [5, 5.41) is 8.44. The number of methoxy groups -OCH3 is 1. The van der Waals surface area contributed by atoms with Gasteiger partial charge in [-0.15, -0.1) is 0 Å². The maximum absolute atomic E-state index is 13.6. The van der Waals surface area contributed by atoms with Crippen molar-refractivity contribution < 1.29 is 36.2 Å². The molecule has 0 aliphatic carbocycles. The van der Waals surface area contributed by atoms with Crippen LogP contribution in [0.2, 0.25) is 0 Å². The van der Waals surface area contributed by atoms with Gasteiger partial charge in [-0.1, -0.05) is 10.3 Å². The Morgan fingerprint density at radius 2 is 1.71 bits per heavy atom. The Labute approximate surface area is 115 Å². The Morgan fingerprint density at radius 3 is 2.10 bits per heavy atom. The topological polar surface area (TPSA) is 98.6 Å². The predicted octanol–water partition coefficient (Wildman–Crippen LogP) is 2.24. The molecular weight excluding hydrogens is 307 g/mol. The average molecular weight is 320 g/mol. The van der Waals surface area contributed by atoms with Crippen molar-refractivity contribution in [1.82, 2.24) is 0 Å². The maximum atomic E-state index is 13.6. The third kappa shape index (κ3) is 5.11. The minimum atomic E-state index is -5.18. The molecule has 2 unspecified atom stereocenters. The zero-order valence-corrected chi connectivity index (χ0v) is 11.2. The van der Waals surface area contributed by atoms with Crippen LogP contribution >= 0.6 is 0 Å². The molecule has 0 aromatic carbocycles. The van der Waals surface area contributed by atoms with Crippen LogP contribution in [0, 0.1) is 11.8 Å². The number of ether oxygens (including phenoxy) is 2. The molecule has 0 saturated heterocycles. The SMILES string of the molecule is CO/C(=N\N=N/N)OC(=O)C(C)C(F)(F)C(C)C(F)(F)F. The Hall–Kier alpha value is -2.01. The fourth-order valence-electron chi connectivity index (χ4n) is 1.09. The van der Waals surface area contributed by atoms with E-state index in [0.29, 0.717) is 6.92 Å². The molecule has 0 saturated carbocycles. The lowest BCUT2D eigenvalue weighted by Gasteiger charge is -2.29. The second kappa shape index (κ2) is 7.13. The van der Waals surface area contributed by atoms with Gasteiger partial charge in [0.1, 0.15) is 11.8 Å². The van der Waals surface area contributed by atoms with Crippen molar-refractivity contribution in [2.24, 2.45) is 33.2 Å². The summed E-state index contributed by atoms with van der Waals surface area (Å²) >= 11 is 0. The molecule has 0 aliphatic heterocycles. The van der Waals surface area contributed by atoms with Crippen molar-refractivity contribution in [3.05, 3.63) is 0 Å². The van der Waals surface area contributed by atoms with Crippen LogP contribution in [0.25, 0.3) is 0 Å². The number of hydrogen-bond donors (Lipinski definition) is 1. The molecule has 0 spiro atoms. The third-order valence-electron chi connectivity index (χ3n) is 2.54. The largest absolute Gasteiger partial charge is 0.452 e. The molecular formula is C9H13F5N4O3. The summed E-state index contributed by atoms with van der Waals surface area (Å²) in [5.41, 5.74) is 0. The van der Waals surface area contributed by atoms with Crippen LogP contribution in [-0.4, -0.2) is 31.3 Å². The number of esters is 1. The number of nitrogens with zero attached hydrogens (tertiary/aromatic N) is 3. The molecule has 0 radical (unpaired) electrons. The van der Waals surface area contributed by atoms with E-state index in [4.69, 9.17) is 0 Å². The summed E-state index contributed by atoms with van der Waals surface area (Å²) in [5.74, 6) is -6.91. The highest BCUT2D eigenvalue weighted by Gasteiger charge is 2.57. The molecule has 0 rings (SSSR count). The molecule has 0 aromatic rings. The van der Waals surface area contributed by atoms with Gasteiger partial charge in [-0.2, -0.15) is 13.2 Å². The number of carbonyl (C=O) groups excluding carboxylic acids is 1.